The highest BCUT2D eigenvalue weighted by Crippen LogP contribution is 2.19. The van der Waals surface area contributed by atoms with Gasteiger partial charge in [0, 0.05) is 43.5 Å². The second-order valence-corrected chi connectivity index (χ2v) is 7.33. The summed E-state index contributed by atoms with van der Waals surface area (Å²) in [5.41, 5.74) is 2.00. The molecule has 1 aliphatic heterocycles. The first-order valence-electron chi connectivity index (χ1n) is 9.97. The summed E-state index contributed by atoms with van der Waals surface area (Å²) in [5, 5.41) is 4.37. The van der Waals surface area contributed by atoms with Gasteiger partial charge >= 0.3 is 0 Å². The molecule has 0 spiro atoms. The quantitative estimate of drug-likeness (QED) is 0.669. The minimum absolute atomic E-state index is 0.131. The molecule has 3 aromatic rings. The molecule has 2 aromatic carbocycles. The number of rotatable bonds is 4. The number of aromatic nitrogens is 2. The lowest BCUT2D eigenvalue weighted by molar-refractivity contribution is -0.135. The zero-order valence-corrected chi connectivity index (χ0v) is 16.7. The van der Waals surface area contributed by atoms with Gasteiger partial charge in [-0.3, -0.25) is 9.59 Å². The van der Waals surface area contributed by atoms with Crippen molar-refractivity contribution in [1.29, 1.82) is 0 Å². The molecule has 1 unspecified atom stereocenters. The molecular formula is C23H23FN4O2. The van der Waals surface area contributed by atoms with Crippen molar-refractivity contribution in [1.82, 2.24) is 14.7 Å². The van der Waals surface area contributed by atoms with Gasteiger partial charge in [-0.15, -0.1) is 0 Å². The van der Waals surface area contributed by atoms with Crippen molar-refractivity contribution in [2.24, 2.45) is 0 Å². The van der Waals surface area contributed by atoms with E-state index in [2.05, 4.69) is 22.1 Å². The summed E-state index contributed by atoms with van der Waals surface area (Å²) in [6.07, 6.45) is 0. The first-order valence-corrected chi connectivity index (χ1v) is 9.97. The largest absolute Gasteiger partial charge is 0.368 e. The molecule has 6 nitrogen and oxygen atoms in total. The Morgan fingerprint density at radius 1 is 0.933 bits per heavy atom. The molecule has 7 heteroatoms. The van der Waals surface area contributed by atoms with Gasteiger partial charge in [0.1, 0.15) is 11.9 Å². The summed E-state index contributed by atoms with van der Waals surface area (Å²) < 4.78 is 14.4. The number of hydrogen-bond donors (Lipinski definition) is 0. The van der Waals surface area contributed by atoms with Crippen molar-refractivity contribution >= 4 is 11.6 Å². The molecule has 1 amide bonds. The van der Waals surface area contributed by atoms with Crippen molar-refractivity contribution in [2.45, 2.75) is 13.0 Å². The van der Waals surface area contributed by atoms with E-state index in [1.54, 1.807) is 30.0 Å². The van der Waals surface area contributed by atoms with Gasteiger partial charge in [-0.05, 0) is 49.4 Å². The van der Waals surface area contributed by atoms with Gasteiger partial charge in [0.15, 0.2) is 0 Å². The first-order chi connectivity index (χ1) is 14.5. The van der Waals surface area contributed by atoms with Crippen LogP contribution >= 0.6 is 0 Å². The van der Waals surface area contributed by atoms with Crippen molar-refractivity contribution in [3.63, 3.8) is 0 Å². The van der Waals surface area contributed by atoms with E-state index in [9.17, 15) is 14.0 Å². The number of carbonyl (C=O) groups excluding carboxylic acids is 1. The number of halogens is 1. The van der Waals surface area contributed by atoms with Crippen LogP contribution in [-0.4, -0.2) is 46.8 Å². The lowest BCUT2D eigenvalue weighted by Crippen LogP contribution is -2.51. The molecule has 1 saturated heterocycles. The van der Waals surface area contributed by atoms with Gasteiger partial charge in [0.2, 0.25) is 5.91 Å². The lowest BCUT2D eigenvalue weighted by Gasteiger charge is -2.37. The average Bonchev–Trinajstić information content (AvgIpc) is 2.80. The van der Waals surface area contributed by atoms with Crippen molar-refractivity contribution < 1.29 is 9.18 Å². The Morgan fingerprint density at radius 2 is 1.60 bits per heavy atom. The van der Waals surface area contributed by atoms with Crippen molar-refractivity contribution in [3.8, 4) is 11.3 Å². The van der Waals surface area contributed by atoms with Crippen LogP contribution in [0.4, 0.5) is 10.1 Å². The first kappa shape index (κ1) is 19.8. The molecule has 30 heavy (non-hydrogen) atoms. The Hall–Kier alpha value is -3.48. The van der Waals surface area contributed by atoms with Crippen molar-refractivity contribution in [2.75, 3.05) is 31.1 Å². The second-order valence-electron chi connectivity index (χ2n) is 7.33. The van der Waals surface area contributed by atoms with E-state index in [0.29, 0.717) is 24.3 Å². The van der Waals surface area contributed by atoms with Crippen LogP contribution in [0.2, 0.25) is 0 Å². The van der Waals surface area contributed by atoms with Gasteiger partial charge in [0.25, 0.3) is 5.56 Å². The number of piperazine rings is 1. The van der Waals surface area contributed by atoms with Crippen LogP contribution in [-0.2, 0) is 4.79 Å². The number of anilines is 1. The third kappa shape index (κ3) is 4.10. The lowest BCUT2D eigenvalue weighted by atomic mass is 10.1. The molecule has 1 aromatic heterocycles. The number of nitrogens with zero attached hydrogens (tertiary/aromatic N) is 4. The molecule has 2 heterocycles. The zero-order valence-electron chi connectivity index (χ0n) is 16.7. The molecule has 4 rings (SSSR count). The van der Waals surface area contributed by atoms with Gasteiger partial charge in [-0.25, -0.2) is 9.07 Å². The Morgan fingerprint density at radius 3 is 2.27 bits per heavy atom. The van der Waals surface area contributed by atoms with E-state index in [0.717, 1.165) is 18.8 Å². The number of carbonyl (C=O) groups is 1. The summed E-state index contributed by atoms with van der Waals surface area (Å²) in [6, 6.07) is 18.2. The summed E-state index contributed by atoms with van der Waals surface area (Å²) in [5.74, 6) is -0.473. The van der Waals surface area contributed by atoms with Crippen LogP contribution < -0.4 is 10.5 Å². The summed E-state index contributed by atoms with van der Waals surface area (Å²) in [4.78, 5) is 29.5. The highest BCUT2D eigenvalue weighted by Gasteiger charge is 2.27. The van der Waals surface area contributed by atoms with Gasteiger partial charge in [-0.1, -0.05) is 18.2 Å². The maximum absolute atomic E-state index is 13.2. The molecule has 0 N–H and O–H groups in total. The summed E-state index contributed by atoms with van der Waals surface area (Å²) in [6.45, 7) is 4.34. The third-order valence-electron chi connectivity index (χ3n) is 5.40. The number of para-hydroxylation sites is 1. The molecule has 1 atom stereocenters. The number of hydrogen-bond acceptors (Lipinski definition) is 4. The van der Waals surface area contributed by atoms with E-state index in [1.165, 1.54) is 22.9 Å². The maximum Gasteiger partial charge on any atom is 0.267 e. The second kappa shape index (κ2) is 8.49. The predicted octanol–water partition coefficient (Wildman–Crippen LogP) is 2.96. The van der Waals surface area contributed by atoms with E-state index in [4.69, 9.17) is 0 Å². The van der Waals surface area contributed by atoms with E-state index < -0.39 is 6.04 Å². The molecule has 0 radical (unpaired) electrons. The molecule has 0 bridgehead atoms. The topological polar surface area (TPSA) is 58.4 Å². The Balaban J connectivity index is 1.48. The molecule has 1 aliphatic rings. The molecule has 0 aliphatic carbocycles. The normalized spacial score (nSPS) is 15.1. The fraction of sp³-hybridized carbons (Fsp3) is 0.261. The molecule has 0 saturated carbocycles. The van der Waals surface area contributed by atoms with Gasteiger partial charge in [0.05, 0.1) is 5.69 Å². The Kier molecular flexibility index (Phi) is 5.61. The number of amides is 1. The third-order valence-corrected chi connectivity index (χ3v) is 5.40. The van der Waals surface area contributed by atoms with E-state index in [-0.39, 0.29) is 17.3 Å². The van der Waals surface area contributed by atoms with E-state index in [1.807, 2.05) is 18.2 Å². The standard InChI is InChI=1S/C23H23FN4O2/c1-17(23(30)27-15-13-26(14-16-27)20-5-3-2-4-6-20)28-22(29)12-11-21(25-28)18-7-9-19(24)10-8-18/h2-12,17H,13-16H2,1H3. The van der Waals surface area contributed by atoms with Gasteiger partial charge < -0.3 is 9.80 Å². The van der Waals surface area contributed by atoms with Crippen molar-refractivity contribution in [3.05, 3.63) is 82.9 Å². The summed E-state index contributed by atoms with van der Waals surface area (Å²) >= 11 is 0. The van der Waals surface area contributed by atoms with Crippen LogP contribution in [0.15, 0.2) is 71.5 Å². The zero-order chi connectivity index (χ0) is 21.1. The average molecular weight is 406 g/mol. The van der Waals surface area contributed by atoms with Gasteiger partial charge in [-0.2, -0.15) is 5.10 Å². The fourth-order valence-electron chi connectivity index (χ4n) is 3.67. The molecule has 154 valence electrons. The fourth-order valence-corrected chi connectivity index (χ4v) is 3.67. The van der Waals surface area contributed by atoms with Crippen LogP contribution in [0.5, 0.6) is 0 Å². The van der Waals surface area contributed by atoms with Crippen LogP contribution in [0.1, 0.15) is 13.0 Å². The van der Waals surface area contributed by atoms with Crippen LogP contribution in [0.25, 0.3) is 11.3 Å². The highest BCUT2D eigenvalue weighted by molar-refractivity contribution is 5.80. The molecule has 1 fully saturated rings. The Labute approximate surface area is 174 Å². The van der Waals surface area contributed by atoms with Crippen LogP contribution in [0, 0.1) is 5.82 Å². The predicted molar refractivity (Wildman–Crippen MR) is 114 cm³/mol. The Bertz CT molecular complexity index is 1070. The molecular weight excluding hydrogens is 383 g/mol. The minimum atomic E-state index is -0.721. The van der Waals surface area contributed by atoms with Crippen LogP contribution in [0.3, 0.4) is 0 Å². The SMILES string of the molecule is CC(C(=O)N1CCN(c2ccccc2)CC1)n1nc(-c2ccc(F)cc2)ccc1=O. The monoisotopic (exact) mass is 406 g/mol. The maximum atomic E-state index is 13.2. The summed E-state index contributed by atoms with van der Waals surface area (Å²) in [7, 11) is 0. The highest BCUT2D eigenvalue weighted by atomic mass is 19.1. The van der Waals surface area contributed by atoms with E-state index >= 15 is 0 Å². The number of benzene rings is 2. The smallest absolute Gasteiger partial charge is 0.267 e. The minimum Gasteiger partial charge on any atom is -0.368 e.